The number of carbonyl (C=O) groups excluding carboxylic acids is 1. The van der Waals surface area contributed by atoms with Crippen molar-refractivity contribution in [2.24, 2.45) is 23.2 Å². The molecule has 2 atom stereocenters. The van der Waals surface area contributed by atoms with E-state index < -0.39 is 0 Å². The Balaban J connectivity index is 2.39. The third kappa shape index (κ3) is 11.6. The third-order valence-corrected chi connectivity index (χ3v) is 7.86. The predicted octanol–water partition coefficient (Wildman–Crippen LogP) is 9.54. The van der Waals surface area contributed by atoms with Gasteiger partial charge >= 0.3 is 0 Å². The van der Waals surface area contributed by atoms with Crippen molar-refractivity contribution in [3.05, 3.63) is 28.3 Å². The van der Waals surface area contributed by atoms with Gasteiger partial charge in [0.05, 0.1) is 0 Å². The van der Waals surface area contributed by atoms with Crippen LogP contribution in [0.25, 0.3) is 0 Å². The Morgan fingerprint density at radius 2 is 1.36 bits per heavy atom. The van der Waals surface area contributed by atoms with Crippen molar-refractivity contribution in [2.75, 3.05) is 0 Å². The lowest BCUT2D eigenvalue weighted by Gasteiger charge is -2.27. The van der Waals surface area contributed by atoms with E-state index in [0.717, 1.165) is 29.7 Å². The molecule has 1 aromatic carbocycles. The molecule has 0 aliphatic carbocycles. The van der Waals surface area contributed by atoms with Gasteiger partial charge in [-0.25, -0.2) is 0 Å². The molecule has 0 fully saturated rings. The molecule has 33 heavy (non-hydrogen) atoms. The lowest BCUT2D eigenvalue weighted by molar-refractivity contribution is -0.120. The van der Waals surface area contributed by atoms with Crippen LogP contribution in [-0.4, -0.2) is 6.47 Å². The highest BCUT2D eigenvalue weighted by molar-refractivity contribution is 5.53. The van der Waals surface area contributed by atoms with E-state index in [-0.39, 0.29) is 0 Å². The molecule has 0 saturated carbocycles. The molecular formula is C31H54O2. The van der Waals surface area contributed by atoms with Crippen LogP contribution < -0.4 is 4.74 Å². The summed E-state index contributed by atoms with van der Waals surface area (Å²) in [4.78, 5) is 10.9. The van der Waals surface area contributed by atoms with Crippen molar-refractivity contribution < 1.29 is 9.53 Å². The van der Waals surface area contributed by atoms with Gasteiger partial charge in [-0.2, -0.15) is 0 Å². The fraction of sp³-hybridized carbons (Fsp3) is 0.774. The second-order valence-corrected chi connectivity index (χ2v) is 12.2. The molecule has 1 rings (SSSR count). The Morgan fingerprint density at radius 3 is 1.91 bits per heavy atom. The monoisotopic (exact) mass is 458 g/mol. The first-order valence-electron chi connectivity index (χ1n) is 13.7. The van der Waals surface area contributed by atoms with E-state index in [9.17, 15) is 4.79 Å². The Labute approximate surface area is 206 Å². The maximum atomic E-state index is 10.9. The van der Waals surface area contributed by atoms with Crippen molar-refractivity contribution in [3.63, 3.8) is 0 Å². The van der Waals surface area contributed by atoms with E-state index in [1.807, 2.05) is 6.07 Å². The van der Waals surface area contributed by atoms with E-state index >= 15 is 0 Å². The highest BCUT2D eigenvalue weighted by Crippen LogP contribution is 2.34. The van der Waals surface area contributed by atoms with E-state index in [1.165, 1.54) is 80.9 Å². The summed E-state index contributed by atoms with van der Waals surface area (Å²) in [5, 5.41) is 0. The van der Waals surface area contributed by atoms with Gasteiger partial charge in [0, 0.05) is 0 Å². The minimum absolute atomic E-state index is 0.332. The van der Waals surface area contributed by atoms with E-state index in [2.05, 4.69) is 62.3 Å². The van der Waals surface area contributed by atoms with Gasteiger partial charge in [-0.1, -0.05) is 92.9 Å². The Morgan fingerprint density at radius 1 is 0.818 bits per heavy atom. The fourth-order valence-electron chi connectivity index (χ4n) is 5.13. The molecular weight excluding hydrogens is 404 g/mol. The lowest BCUT2D eigenvalue weighted by atomic mass is 9.79. The van der Waals surface area contributed by atoms with Gasteiger partial charge in [-0.05, 0) is 91.5 Å². The highest BCUT2D eigenvalue weighted by atomic mass is 16.5. The standard InChI is InChI=1S/C31H54O2/c1-23(2)13-10-14-24(3)15-11-16-25(4)17-12-19-31(8,9)20-18-29-27(6)26(5)21-30(28(29)7)33-22-32/h21-25H,10-20H2,1-9H3. The molecule has 0 heterocycles. The summed E-state index contributed by atoms with van der Waals surface area (Å²) >= 11 is 0. The Kier molecular flexibility index (Phi) is 13.4. The molecule has 0 saturated heterocycles. The number of hydrogen-bond acceptors (Lipinski definition) is 2. The number of rotatable bonds is 17. The molecule has 2 unspecified atom stereocenters. The fourth-order valence-corrected chi connectivity index (χ4v) is 5.13. The van der Waals surface area contributed by atoms with Crippen LogP contribution in [0, 0.1) is 43.9 Å². The second-order valence-electron chi connectivity index (χ2n) is 12.2. The molecule has 1 aromatic rings. The smallest absolute Gasteiger partial charge is 0.298 e. The normalized spacial score (nSPS) is 13.9. The minimum atomic E-state index is 0.332. The van der Waals surface area contributed by atoms with Crippen LogP contribution in [0.5, 0.6) is 5.75 Å². The molecule has 0 spiro atoms. The maximum Gasteiger partial charge on any atom is 0.298 e. The van der Waals surface area contributed by atoms with Gasteiger partial charge in [0.1, 0.15) is 5.75 Å². The lowest BCUT2D eigenvalue weighted by Crippen LogP contribution is -2.14. The summed E-state index contributed by atoms with van der Waals surface area (Å²) in [6.07, 6.45) is 14.5. The van der Waals surface area contributed by atoms with Crippen LogP contribution >= 0.6 is 0 Å². The van der Waals surface area contributed by atoms with Gasteiger partial charge in [0.2, 0.25) is 0 Å². The van der Waals surface area contributed by atoms with Crippen LogP contribution in [0.1, 0.15) is 128 Å². The minimum Gasteiger partial charge on any atom is -0.428 e. The second kappa shape index (κ2) is 14.8. The molecule has 0 amide bonds. The molecule has 0 bridgehead atoms. The van der Waals surface area contributed by atoms with Crippen molar-refractivity contribution in [2.45, 2.75) is 133 Å². The first kappa shape index (κ1) is 29.7. The van der Waals surface area contributed by atoms with E-state index in [0.29, 0.717) is 17.6 Å². The van der Waals surface area contributed by atoms with Gasteiger partial charge < -0.3 is 4.74 Å². The third-order valence-electron chi connectivity index (χ3n) is 7.86. The maximum absolute atomic E-state index is 10.9. The van der Waals surface area contributed by atoms with Gasteiger partial charge in [-0.15, -0.1) is 0 Å². The zero-order chi connectivity index (χ0) is 25.0. The molecule has 190 valence electrons. The predicted molar refractivity (Wildman–Crippen MR) is 144 cm³/mol. The summed E-state index contributed by atoms with van der Waals surface area (Å²) < 4.78 is 5.23. The van der Waals surface area contributed by atoms with Crippen LogP contribution in [0.15, 0.2) is 6.07 Å². The number of aryl methyl sites for hydroxylation is 1. The first-order chi connectivity index (χ1) is 15.5. The zero-order valence-electron chi connectivity index (χ0n) is 23.5. The van der Waals surface area contributed by atoms with Crippen molar-refractivity contribution in [1.29, 1.82) is 0 Å². The van der Waals surface area contributed by atoms with Crippen LogP contribution in [0.3, 0.4) is 0 Å². The summed E-state index contributed by atoms with van der Waals surface area (Å²) in [7, 11) is 0. The number of ether oxygens (including phenoxy) is 1. The Bertz CT molecular complexity index is 701. The van der Waals surface area contributed by atoms with E-state index in [1.54, 1.807) is 0 Å². The van der Waals surface area contributed by atoms with Crippen molar-refractivity contribution in [1.82, 2.24) is 0 Å². The SMILES string of the molecule is Cc1cc(OC=O)c(C)c(CCC(C)(C)CCCC(C)CCCC(C)CCCC(C)C)c1C. The van der Waals surface area contributed by atoms with Gasteiger partial charge in [0.25, 0.3) is 6.47 Å². The average Bonchev–Trinajstić information content (AvgIpc) is 2.71. The largest absolute Gasteiger partial charge is 0.428 e. The topological polar surface area (TPSA) is 26.3 Å². The average molecular weight is 459 g/mol. The molecule has 0 aliphatic rings. The summed E-state index contributed by atoms with van der Waals surface area (Å²) in [6, 6.07) is 1.99. The summed E-state index contributed by atoms with van der Waals surface area (Å²) in [5.41, 5.74) is 5.35. The van der Waals surface area contributed by atoms with Gasteiger partial charge in [0.15, 0.2) is 0 Å². The number of carbonyl (C=O) groups is 1. The summed E-state index contributed by atoms with van der Waals surface area (Å²) in [5.74, 6) is 3.29. The molecule has 0 aliphatic heterocycles. The summed E-state index contributed by atoms with van der Waals surface area (Å²) in [6.45, 7) is 21.3. The van der Waals surface area contributed by atoms with Crippen molar-refractivity contribution in [3.8, 4) is 5.75 Å². The zero-order valence-corrected chi connectivity index (χ0v) is 23.5. The quantitative estimate of drug-likeness (QED) is 0.217. The molecule has 2 heteroatoms. The van der Waals surface area contributed by atoms with Crippen LogP contribution in [0.2, 0.25) is 0 Å². The number of benzene rings is 1. The van der Waals surface area contributed by atoms with Gasteiger partial charge in [-0.3, -0.25) is 4.79 Å². The van der Waals surface area contributed by atoms with Crippen molar-refractivity contribution >= 4 is 6.47 Å². The molecule has 0 radical (unpaired) electrons. The highest BCUT2D eigenvalue weighted by Gasteiger charge is 2.20. The number of hydrogen-bond donors (Lipinski definition) is 0. The van der Waals surface area contributed by atoms with Crippen LogP contribution in [-0.2, 0) is 11.2 Å². The molecule has 0 aromatic heterocycles. The van der Waals surface area contributed by atoms with E-state index in [4.69, 9.17) is 4.74 Å². The molecule has 0 N–H and O–H groups in total. The Hall–Kier alpha value is -1.31. The molecule has 2 nitrogen and oxygen atoms in total. The van der Waals surface area contributed by atoms with Crippen LogP contribution in [0.4, 0.5) is 0 Å². The first-order valence-corrected chi connectivity index (χ1v) is 13.7.